The molecule has 1 atom stereocenters. The molecule has 4 rings (SSSR count). The number of aromatic nitrogens is 1. The Morgan fingerprint density at radius 3 is 2.61 bits per heavy atom. The third kappa shape index (κ3) is 4.30. The minimum absolute atomic E-state index is 0.218. The maximum absolute atomic E-state index is 12.8. The van der Waals surface area contributed by atoms with Crippen LogP contribution < -0.4 is 5.32 Å². The number of piperidine rings is 1. The van der Waals surface area contributed by atoms with Gasteiger partial charge in [-0.15, -0.1) is 0 Å². The quantitative estimate of drug-likeness (QED) is 0.723. The highest BCUT2D eigenvalue weighted by Crippen LogP contribution is 2.29. The molecule has 3 aliphatic rings. The molecule has 1 aromatic rings. The van der Waals surface area contributed by atoms with Gasteiger partial charge in [-0.05, 0) is 51.3 Å². The Morgan fingerprint density at radius 2 is 1.97 bits per heavy atom. The number of rotatable bonds is 2. The molecule has 0 spiro atoms. The first-order valence-corrected chi connectivity index (χ1v) is 10.4. The largest absolute Gasteiger partial charge is 0.444 e. The summed E-state index contributed by atoms with van der Waals surface area (Å²) in [5, 5.41) is 2.30. The summed E-state index contributed by atoms with van der Waals surface area (Å²) in [6.07, 6.45) is 2.79. The van der Waals surface area contributed by atoms with Crippen LogP contribution in [0.15, 0.2) is 18.2 Å². The number of nitrogens with one attached hydrogen (secondary N) is 1. The fourth-order valence-electron chi connectivity index (χ4n) is 4.01. The molecule has 1 saturated heterocycles. The summed E-state index contributed by atoms with van der Waals surface area (Å²) in [5.74, 6) is -0.984. The van der Waals surface area contributed by atoms with E-state index in [-0.39, 0.29) is 30.9 Å². The minimum Gasteiger partial charge on any atom is -0.444 e. The first kappa shape index (κ1) is 21.0. The molecular formula is C22H26N4O5. The average molecular weight is 426 g/mol. The first-order valence-electron chi connectivity index (χ1n) is 10.4. The van der Waals surface area contributed by atoms with Crippen molar-refractivity contribution >= 4 is 29.4 Å². The summed E-state index contributed by atoms with van der Waals surface area (Å²) >= 11 is 0. The molecule has 4 amide bonds. The Hall–Kier alpha value is -3.23. The molecule has 0 aliphatic carbocycles. The van der Waals surface area contributed by atoms with Gasteiger partial charge in [-0.3, -0.25) is 24.7 Å². The standard InChI is InChI=1S/C22H26N4O5/c1-22(2,3)31-21(30)25-10-8-13(9-11-25)15-5-4-14-16(23-15)12-26(20(14)29)17-6-7-18(27)24-19(17)28/h4-5,8,17H,6-7,9-12H2,1-3H3,(H,24,27,28). The first-order chi connectivity index (χ1) is 14.6. The lowest BCUT2D eigenvalue weighted by atomic mass is 10.0. The zero-order valence-corrected chi connectivity index (χ0v) is 17.9. The highest BCUT2D eigenvalue weighted by molar-refractivity contribution is 6.05. The molecule has 0 saturated carbocycles. The molecular weight excluding hydrogens is 400 g/mol. The molecule has 9 nitrogen and oxygen atoms in total. The molecule has 9 heteroatoms. The Balaban J connectivity index is 1.46. The third-order valence-electron chi connectivity index (χ3n) is 5.56. The van der Waals surface area contributed by atoms with E-state index in [4.69, 9.17) is 4.74 Å². The van der Waals surface area contributed by atoms with Gasteiger partial charge in [0.2, 0.25) is 11.8 Å². The molecule has 1 N–H and O–H groups in total. The van der Waals surface area contributed by atoms with Crippen LogP contribution in [0, 0.1) is 0 Å². The second-order valence-corrected chi connectivity index (χ2v) is 9.00. The zero-order chi connectivity index (χ0) is 22.3. The monoisotopic (exact) mass is 426 g/mol. The average Bonchev–Trinajstić information content (AvgIpc) is 3.02. The van der Waals surface area contributed by atoms with E-state index >= 15 is 0 Å². The Morgan fingerprint density at radius 1 is 1.19 bits per heavy atom. The van der Waals surface area contributed by atoms with Crippen LogP contribution in [0.1, 0.15) is 61.8 Å². The number of hydrogen-bond donors (Lipinski definition) is 1. The zero-order valence-electron chi connectivity index (χ0n) is 17.9. The number of carbonyl (C=O) groups excluding carboxylic acids is 4. The Kier molecular flexibility index (Phi) is 5.28. The van der Waals surface area contributed by atoms with Crippen molar-refractivity contribution in [3.8, 4) is 0 Å². The van der Waals surface area contributed by atoms with E-state index in [1.54, 1.807) is 17.0 Å². The van der Waals surface area contributed by atoms with E-state index in [0.29, 0.717) is 37.2 Å². The van der Waals surface area contributed by atoms with Crippen LogP contribution in [-0.4, -0.2) is 63.3 Å². The summed E-state index contributed by atoms with van der Waals surface area (Å²) in [6, 6.07) is 2.89. The van der Waals surface area contributed by atoms with Gasteiger partial charge in [0.15, 0.2) is 0 Å². The number of nitrogens with zero attached hydrogens (tertiary/aromatic N) is 3. The summed E-state index contributed by atoms with van der Waals surface area (Å²) in [4.78, 5) is 56.4. The predicted octanol–water partition coefficient (Wildman–Crippen LogP) is 1.87. The van der Waals surface area contributed by atoms with Crippen LogP contribution in [0.25, 0.3) is 5.57 Å². The smallest absolute Gasteiger partial charge is 0.410 e. The number of amides is 4. The summed E-state index contributed by atoms with van der Waals surface area (Å²) in [6.45, 7) is 6.72. The van der Waals surface area contributed by atoms with E-state index in [0.717, 1.165) is 11.3 Å². The highest BCUT2D eigenvalue weighted by Gasteiger charge is 2.39. The van der Waals surface area contributed by atoms with Crippen molar-refractivity contribution in [3.05, 3.63) is 35.2 Å². The van der Waals surface area contributed by atoms with Gasteiger partial charge >= 0.3 is 6.09 Å². The minimum atomic E-state index is -0.654. The number of imide groups is 1. The molecule has 0 bridgehead atoms. The van der Waals surface area contributed by atoms with Crippen molar-refractivity contribution in [1.29, 1.82) is 0 Å². The Labute approximate surface area is 180 Å². The predicted molar refractivity (Wildman–Crippen MR) is 111 cm³/mol. The molecule has 3 aliphatic heterocycles. The van der Waals surface area contributed by atoms with Gasteiger partial charge in [-0.2, -0.15) is 0 Å². The van der Waals surface area contributed by atoms with E-state index in [9.17, 15) is 19.2 Å². The summed E-state index contributed by atoms with van der Waals surface area (Å²) in [7, 11) is 0. The lowest BCUT2D eigenvalue weighted by Gasteiger charge is -2.29. The molecule has 0 radical (unpaired) electrons. The van der Waals surface area contributed by atoms with Crippen molar-refractivity contribution in [3.63, 3.8) is 0 Å². The third-order valence-corrected chi connectivity index (χ3v) is 5.56. The molecule has 1 aromatic heterocycles. The fraction of sp³-hybridized carbons (Fsp3) is 0.500. The van der Waals surface area contributed by atoms with Gasteiger partial charge in [-0.1, -0.05) is 6.08 Å². The van der Waals surface area contributed by atoms with Gasteiger partial charge in [0.1, 0.15) is 11.6 Å². The number of carbonyl (C=O) groups is 4. The maximum atomic E-state index is 12.8. The lowest BCUT2D eigenvalue weighted by molar-refractivity contribution is -0.136. The normalized spacial score (nSPS) is 21.6. The second kappa shape index (κ2) is 7.79. The van der Waals surface area contributed by atoms with Crippen LogP contribution >= 0.6 is 0 Å². The molecule has 1 unspecified atom stereocenters. The van der Waals surface area contributed by atoms with Gasteiger partial charge in [0, 0.05) is 19.5 Å². The van der Waals surface area contributed by atoms with E-state index in [1.807, 2.05) is 26.8 Å². The van der Waals surface area contributed by atoms with Crippen molar-refractivity contribution in [1.82, 2.24) is 20.1 Å². The molecule has 0 aromatic carbocycles. The SMILES string of the molecule is CC(C)(C)OC(=O)N1CC=C(c2ccc3c(n2)CN(C2CCC(=O)NC2=O)C3=O)CC1. The second-order valence-electron chi connectivity index (χ2n) is 9.00. The van der Waals surface area contributed by atoms with Crippen LogP contribution in [0.4, 0.5) is 4.79 Å². The van der Waals surface area contributed by atoms with Gasteiger partial charge in [0.05, 0.1) is 23.5 Å². The van der Waals surface area contributed by atoms with Gasteiger partial charge in [-0.25, -0.2) is 4.79 Å². The van der Waals surface area contributed by atoms with Crippen molar-refractivity contribution in [2.45, 2.75) is 58.2 Å². The fourth-order valence-corrected chi connectivity index (χ4v) is 4.01. The topological polar surface area (TPSA) is 109 Å². The van der Waals surface area contributed by atoms with Crippen molar-refractivity contribution in [2.24, 2.45) is 0 Å². The molecule has 164 valence electrons. The molecule has 1 fully saturated rings. The molecule has 31 heavy (non-hydrogen) atoms. The van der Waals surface area contributed by atoms with Gasteiger partial charge < -0.3 is 14.5 Å². The lowest BCUT2D eigenvalue weighted by Crippen LogP contribution is -2.52. The van der Waals surface area contributed by atoms with Crippen LogP contribution in [0.5, 0.6) is 0 Å². The number of ether oxygens (including phenoxy) is 1. The molecule has 4 heterocycles. The highest BCUT2D eigenvalue weighted by atomic mass is 16.6. The number of fused-ring (bicyclic) bond motifs is 1. The van der Waals surface area contributed by atoms with Crippen molar-refractivity contribution < 1.29 is 23.9 Å². The Bertz CT molecular complexity index is 994. The van der Waals surface area contributed by atoms with Crippen LogP contribution in [0.3, 0.4) is 0 Å². The van der Waals surface area contributed by atoms with E-state index in [1.165, 1.54) is 4.90 Å². The van der Waals surface area contributed by atoms with Crippen LogP contribution in [0.2, 0.25) is 0 Å². The van der Waals surface area contributed by atoms with Gasteiger partial charge in [0.25, 0.3) is 5.91 Å². The van der Waals surface area contributed by atoms with E-state index in [2.05, 4.69) is 10.3 Å². The summed E-state index contributed by atoms with van der Waals surface area (Å²) in [5.41, 5.74) is 2.35. The van der Waals surface area contributed by atoms with Crippen molar-refractivity contribution in [2.75, 3.05) is 13.1 Å². The maximum Gasteiger partial charge on any atom is 0.410 e. The van der Waals surface area contributed by atoms with Crippen LogP contribution in [-0.2, 0) is 20.9 Å². The number of pyridine rings is 1. The summed E-state index contributed by atoms with van der Waals surface area (Å²) < 4.78 is 5.42. The van der Waals surface area contributed by atoms with E-state index < -0.39 is 17.6 Å². The number of hydrogen-bond acceptors (Lipinski definition) is 6.